The van der Waals surface area contributed by atoms with Crippen LogP contribution in [0.3, 0.4) is 0 Å². The Morgan fingerprint density at radius 2 is 1.60 bits per heavy atom. The highest BCUT2D eigenvalue weighted by atomic mass is 32.2. The van der Waals surface area contributed by atoms with E-state index < -0.39 is 28.3 Å². The van der Waals surface area contributed by atoms with Gasteiger partial charge in [0.1, 0.15) is 12.4 Å². The van der Waals surface area contributed by atoms with Gasteiger partial charge in [0.05, 0.1) is 21.8 Å². The number of benzene rings is 3. The van der Waals surface area contributed by atoms with Crippen molar-refractivity contribution in [2.45, 2.75) is 11.3 Å². The summed E-state index contributed by atoms with van der Waals surface area (Å²) in [5.41, 5.74) is 0.588. The molecular formula is C25H26FN3O5S. The average molecular weight is 500 g/mol. The topological polar surface area (TPSA) is 105 Å². The van der Waals surface area contributed by atoms with Crippen molar-refractivity contribution in [2.24, 2.45) is 0 Å². The first-order chi connectivity index (χ1) is 16.8. The molecule has 3 aromatic carbocycles. The molecule has 0 fully saturated rings. The number of hydrogen-bond acceptors (Lipinski definition) is 5. The fourth-order valence-electron chi connectivity index (χ4n) is 3.27. The second kappa shape index (κ2) is 12.1. The van der Waals surface area contributed by atoms with E-state index >= 15 is 0 Å². The fraction of sp³-hybridized carbons (Fsp3) is 0.200. The summed E-state index contributed by atoms with van der Waals surface area (Å²) in [6.45, 7) is 0.295. The van der Waals surface area contributed by atoms with Crippen LogP contribution in [0.4, 0.5) is 15.8 Å². The van der Waals surface area contributed by atoms with Crippen molar-refractivity contribution in [3.8, 4) is 0 Å². The zero-order chi connectivity index (χ0) is 25.3. The third-order valence-corrected chi connectivity index (χ3v) is 6.78. The SMILES string of the molecule is COCCCNC(=O)c1ccccc1NC(=O)CN(c1ccc(F)cc1)S(=O)(=O)c1ccccc1. The molecule has 0 unspecified atom stereocenters. The van der Waals surface area contributed by atoms with Crippen LogP contribution in [0.5, 0.6) is 0 Å². The van der Waals surface area contributed by atoms with Crippen LogP contribution in [-0.2, 0) is 19.6 Å². The number of amides is 2. The molecule has 0 aliphatic carbocycles. The summed E-state index contributed by atoms with van der Waals surface area (Å²) in [7, 11) is -2.57. The second-order valence-corrected chi connectivity index (χ2v) is 9.36. The van der Waals surface area contributed by atoms with Crippen LogP contribution >= 0.6 is 0 Å². The molecule has 2 amide bonds. The van der Waals surface area contributed by atoms with E-state index in [0.717, 1.165) is 16.4 Å². The minimum absolute atomic E-state index is 0.0204. The molecule has 8 nitrogen and oxygen atoms in total. The van der Waals surface area contributed by atoms with E-state index in [1.807, 2.05) is 0 Å². The lowest BCUT2D eigenvalue weighted by Crippen LogP contribution is -2.38. The summed E-state index contributed by atoms with van der Waals surface area (Å²) in [6, 6.07) is 18.8. The summed E-state index contributed by atoms with van der Waals surface area (Å²) < 4.78 is 46.0. The highest BCUT2D eigenvalue weighted by Crippen LogP contribution is 2.24. The number of methoxy groups -OCH3 is 1. The van der Waals surface area contributed by atoms with Crippen LogP contribution in [0.2, 0.25) is 0 Å². The van der Waals surface area contributed by atoms with Crippen LogP contribution in [0.1, 0.15) is 16.8 Å². The first kappa shape index (κ1) is 25.9. The maximum atomic E-state index is 13.5. The lowest BCUT2D eigenvalue weighted by atomic mass is 10.1. The molecule has 0 aliphatic rings. The Kier molecular flexibility index (Phi) is 8.93. The number of nitrogens with one attached hydrogen (secondary N) is 2. The molecular weight excluding hydrogens is 473 g/mol. The molecule has 0 saturated heterocycles. The maximum Gasteiger partial charge on any atom is 0.264 e. The summed E-state index contributed by atoms with van der Waals surface area (Å²) in [6.07, 6.45) is 0.626. The molecule has 3 aromatic rings. The summed E-state index contributed by atoms with van der Waals surface area (Å²) in [4.78, 5) is 25.5. The molecule has 10 heteroatoms. The molecule has 3 rings (SSSR count). The molecule has 0 atom stereocenters. The number of carbonyl (C=O) groups excluding carboxylic acids is 2. The number of halogens is 1. The second-order valence-electron chi connectivity index (χ2n) is 7.50. The molecule has 35 heavy (non-hydrogen) atoms. The molecule has 0 aliphatic heterocycles. The van der Waals surface area contributed by atoms with Gasteiger partial charge in [-0.05, 0) is 55.0 Å². The van der Waals surface area contributed by atoms with E-state index in [2.05, 4.69) is 10.6 Å². The Morgan fingerprint density at radius 3 is 2.29 bits per heavy atom. The lowest BCUT2D eigenvalue weighted by Gasteiger charge is -2.24. The monoisotopic (exact) mass is 499 g/mol. The third kappa shape index (κ3) is 6.87. The minimum atomic E-state index is -4.14. The van der Waals surface area contributed by atoms with Crippen LogP contribution in [0.15, 0.2) is 83.8 Å². The van der Waals surface area contributed by atoms with Gasteiger partial charge in [0.2, 0.25) is 5.91 Å². The zero-order valence-electron chi connectivity index (χ0n) is 19.1. The Bertz CT molecular complexity index is 1250. The molecule has 0 aromatic heterocycles. The van der Waals surface area contributed by atoms with Gasteiger partial charge in [0, 0.05) is 20.3 Å². The van der Waals surface area contributed by atoms with Gasteiger partial charge in [-0.15, -0.1) is 0 Å². The van der Waals surface area contributed by atoms with Crippen LogP contribution < -0.4 is 14.9 Å². The molecule has 0 radical (unpaired) electrons. The van der Waals surface area contributed by atoms with E-state index in [1.165, 1.54) is 24.3 Å². The van der Waals surface area contributed by atoms with Crippen LogP contribution in [-0.4, -0.2) is 47.0 Å². The fourth-order valence-corrected chi connectivity index (χ4v) is 4.71. The van der Waals surface area contributed by atoms with Crippen molar-refractivity contribution < 1.29 is 27.1 Å². The Hall–Kier alpha value is -3.76. The Morgan fingerprint density at radius 1 is 0.943 bits per heavy atom. The normalized spacial score (nSPS) is 11.0. The van der Waals surface area contributed by atoms with Crippen molar-refractivity contribution in [1.29, 1.82) is 0 Å². The van der Waals surface area contributed by atoms with Gasteiger partial charge in [-0.25, -0.2) is 12.8 Å². The molecule has 184 valence electrons. The van der Waals surface area contributed by atoms with Gasteiger partial charge in [-0.1, -0.05) is 30.3 Å². The number of ether oxygens (including phenoxy) is 1. The maximum absolute atomic E-state index is 13.5. The van der Waals surface area contributed by atoms with Gasteiger partial charge in [0.25, 0.3) is 15.9 Å². The Labute approximate surface area is 203 Å². The molecule has 0 bridgehead atoms. The minimum Gasteiger partial charge on any atom is -0.385 e. The first-order valence-corrected chi connectivity index (χ1v) is 12.3. The number of nitrogens with zero attached hydrogens (tertiary/aromatic N) is 1. The quantitative estimate of drug-likeness (QED) is 0.394. The van der Waals surface area contributed by atoms with E-state index in [1.54, 1.807) is 49.6 Å². The van der Waals surface area contributed by atoms with Gasteiger partial charge in [-0.2, -0.15) is 0 Å². The van der Waals surface area contributed by atoms with E-state index in [-0.39, 0.29) is 27.7 Å². The standard InChI is InChI=1S/C25H26FN3O5S/c1-34-17-7-16-27-25(31)22-10-5-6-11-23(22)28-24(30)18-29(20-14-12-19(26)13-15-20)35(32,33)21-8-3-2-4-9-21/h2-6,8-15H,7,16-18H2,1H3,(H,27,31)(H,28,30). The van der Waals surface area contributed by atoms with Crippen LogP contribution in [0.25, 0.3) is 0 Å². The zero-order valence-corrected chi connectivity index (χ0v) is 19.9. The summed E-state index contributed by atoms with van der Waals surface area (Å²) in [5, 5.41) is 5.38. The van der Waals surface area contributed by atoms with E-state index in [9.17, 15) is 22.4 Å². The molecule has 0 spiro atoms. The van der Waals surface area contributed by atoms with Crippen LogP contribution in [0, 0.1) is 5.82 Å². The highest BCUT2D eigenvalue weighted by Gasteiger charge is 2.27. The average Bonchev–Trinajstić information content (AvgIpc) is 2.86. The number of anilines is 2. The summed E-state index contributed by atoms with van der Waals surface area (Å²) >= 11 is 0. The highest BCUT2D eigenvalue weighted by molar-refractivity contribution is 7.92. The third-order valence-electron chi connectivity index (χ3n) is 4.99. The van der Waals surface area contributed by atoms with Gasteiger partial charge in [-0.3, -0.25) is 13.9 Å². The molecule has 0 saturated carbocycles. The Balaban J connectivity index is 1.83. The lowest BCUT2D eigenvalue weighted by molar-refractivity contribution is -0.114. The number of hydrogen-bond donors (Lipinski definition) is 2. The predicted molar refractivity (Wildman–Crippen MR) is 131 cm³/mol. The van der Waals surface area contributed by atoms with Crippen molar-refractivity contribution in [2.75, 3.05) is 36.4 Å². The molecule has 0 heterocycles. The summed E-state index contributed by atoms with van der Waals surface area (Å²) in [5.74, 6) is -1.60. The number of para-hydroxylation sites is 1. The molecule has 2 N–H and O–H groups in total. The number of sulfonamides is 1. The van der Waals surface area contributed by atoms with Gasteiger partial charge in [0.15, 0.2) is 0 Å². The predicted octanol–water partition coefficient (Wildman–Crippen LogP) is 3.43. The van der Waals surface area contributed by atoms with Crippen molar-refractivity contribution in [3.05, 3.63) is 90.2 Å². The van der Waals surface area contributed by atoms with E-state index in [4.69, 9.17) is 4.74 Å². The van der Waals surface area contributed by atoms with Crippen molar-refractivity contribution in [1.82, 2.24) is 5.32 Å². The van der Waals surface area contributed by atoms with Crippen molar-refractivity contribution in [3.63, 3.8) is 0 Å². The van der Waals surface area contributed by atoms with E-state index in [0.29, 0.717) is 19.6 Å². The number of rotatable bonds is 11. The van der Waals surface area contributed by atoms with Gasteiger partial charge >= 0.3 is 0 Å². The smallest absolute Gasteiger partial charge is 0.264 e. The largest absolute Gasteiger partial charge is 0.385 e. The van der Waals surface area contributed by atoms with Gasteiger partial charge < -0.3 is 15.4 Å². The van der Waals surface area contributed by atoms with Crippen molar-refractivity contribution >= 4 is 33.2 Å². The first-order valence-electron chi connectivity index (χ1n) is 10.8. The number of carbonyl (C=O) groups is 2.